The minimum absolute atomic E-state index is 0.864. The fourth-order valence-electron chi connectivity index (χ4n) is 1.49. The van der Waals surface area contributed by atoms with Gasteiger partial charge in [-0.3, -0.25) is 4.98 Å². The summed E-state index contributed by atoms with van der Waals surface area (Å²) in [4.78, 5) is 9.00. The molecule has 3 nitrogen and oxygen atoms in total. The first-order valence-electron chi connectivity index (χ1n) is 4.74. The number of hydrogen-bond acceptors (Lipinski definition) is 3. The molecule has 0 atom stereocenters. The number of hydrogen-bond donors (Lipinski definition) is 0. The van der Waals surface area contributed by atoms with Gasteiger partial charge in [-0.05, 0) is 30.7 Å². The molecular formula is C12H12N2O. The van der Waals surface area contributed by atoms with E-state index in [0.717, 1.165) is 22.2 Å². The van der Waals surface area contributed by atoms with Crippen molar-refractivity contribution in [2.75, 3.05) is 7.11 Å². The van der Waals surface area contributed by atoms with Gasteiger partial charge in [0.25, 0.3) is 0 Å². The van der Waals surface area contributed by atoms with Gasteiger partial charge in [-0.2, -0.15) is 0 Å². The van der Waals surface area contributed by atoms with Crippen LogP contribution in [0.4, 0.5) is 0 Å². The SMILES string of the molecule is CON=C(C)c1ccc2ncccc2c1. The van der Waals surface area contributed by atoms with Crippen LogP contribution in [0.15, 0.2) is 41.7 Å². The Kier molecular flexibility index (Phi) is 2.63. The van der Waals surface area contributed by atoms with Gasteiger partial charge in [0.1, 0.15) is 7.11 Å². The molecule has 0 bridgehead atoms. The topological polar surface area (TPSA) is 34.5 Å². The van der Waals surface area contributed by atoms with E-state index in [1.807, 2.05) is 31.2 Å². The molecular weight excluding hydrogens is 188 g/mol. The lowest BCUT2D eigenvalue weighted by atomic mass is 10.1. The van der Waals surface area contributed by atoms with Crippen LogP contribution >= 0.6 is 0 Å². The summed E-state index contributed by atoms with van der Waals surface area (Å²) in [5.41, 5.74) is 2.91. The van der Waals surface area contributed by atoms with Crippen molar-refractivity contribution in [3.05, 3.63) is 42.1 Å². The molecule has 2 rings (SSSR count). The summed E-state index contributed by atoms with van der Waals surface area (Å²) >= 11 is 0. The number of fused-ring (bicyclic) bond motifs is 1. The molecule has 76 valence electrons. The van der Waals surface area contributed by atoms with Crippen LogP contribution < -0.4 is 0 Å². The number of benzene rings is 1. The van der Waals surface area contributed by atoms with Crippen molar-refractivity contribution in [2.45, 2.75) is 6.92 Å². The van der Waals surface area contributed by atoms with E-state index in [-0.39, 0.29) is 0 Å². The zero-order valence-electron chi connectivity index (χ0n) is 8.77. The summed E-state index contributed by atoms with van der Waals surface area (Å²) in [6.45, 7) is 1.92. The van der Waals surface area contributed by atoms with Crippen LogP contribution in [0.3, 0.4) is 0 Å². The van der Waals surface area contributed by atoms with E-state index in [2.05, 4.69) is 16.2 Å². The Morgan fingerprint density at radius 3 is 3.00 bits per heavy atom. The fourth-order valence-corrected chi connectivity index (χ4v) is 1.49. The molecule has 15 heavy (non-hydrogen) atoms. The van der Waals surface area contributed by atoms with Crippen LogP contribution in [0, 0.1) is 0 Å². The molecule has 0 amide bonds. The third-order valence-electron chi connectivity index (χ3n) is 2.25. The highest BCUT2D eigenvalue weighted by Gasteiger charge is 2.00. The lowest BCUT2D eigenvalue weighted by Gasteiger charge is -2.01. The molecule has 0 saturated carbocycles. The second-order valence-corrected chi connectivity index (χ2v) is 3.27. The highest BCUT2D eigenvalue weighted by atomic mass is 16.6. The summed E-state index contributed by atoms with van der Waals surface area (Å²) in [7, 11) is 1.55. The summed E-state index contributed by atoms with van der Waals surface area (Å²) < 4.78 is 0. The second-order valence-electron chi connectivity index (χ2n) is 3.27. The lowest BCUT2D eigenvalue weighted by Crippen LogP contribution is -1.95. The van der Waals surface area contributed by atoms with Gasteiger partial charge in [-0.1, -0.05) is 17.3 Å². The van der Waals surface area contributed by atoms with Crippen molar-refractivity contribution in [1.29, 1.82) is 0 Å². The van der Waals surface area contributed by atoms with Crippen LogP contribution in [-0.4, -0.2) is 17.8 Å². The summed E-state index contributed by atoms with van der Waals surface area (Å²) in [5.74, 6) is 0. The number of aromatic nitrogens is 1. The maximum absolute atomic E-state index is 4.74. The molecule has 0 spiro atoms. The van der Waals surface area contributed by atoms with Crippen LogP contribution in [0.25, 0.3) is 10.9 Å². The smallest absolute Gasteiger partial charge is 0.106 e. The molecule has 0 saturated heterocycles. The summed E-state index contributed by atoms with van der Waals surface area (Å²) in [5, 5.41) is 5.01. The zero-order valence-corrected chi connectivity index (χ0v) is 8.77. The van der Waals surface area contributed by atoms with E-state index in [1.165, 1.54) is 0 Å². The molecule has 0 unspecified atom stereocenters. The monoisotopic (exact) mass is 200 g/mol. The zero-order chi connectivity index (χ0) is 10.7. The molecule has 0 fully saturated rings. The highest BCUT2D eigenvalue weighted by molar-refractivity contribution is 6.01. The number of oxime groups is 1. The number of pyridine rings is 1. The molecule has 1 aromatic carbocycles. The first kappa shape index (κ1) is 9.65. The number of nitrogens with zero attached hydrogens (tertiary/aromatic N) is 2. The van der Waals surface area contributed by atoms with Gasteiger partial charge >= 0.3 is 0 Å². The molecule has 1 heterocycles. The van der Waals surface area contributed by atoms with Crippen molar-refractivity contribution in [3.8, 4) is 0 Å². The van der Waals surface area contributed by atoms with Crippen LogP contribution in [0.5, 0.6) is 0 Å². The maximum atomic E-state index is 4.74. The van der Waals surface area contributed by atoms with Crippen LogP contribution in [-0.2, 0) is 4.84 Å². The minimum Gasteiger partial charge on any atom is -0.399 e. The Morgan fingerprint density at radius 2 is 2.20 bits per heavy atom. The van der Waals surface area contributed by atoms with Crippen molar-refractivity contribution < 1.29 is 4.84 Å². The third kappa shape index (κ3) is 1.96. The second kappa shape index (κ2) is 4.09. The Labute approximate surface area is 88.4 Å². The molecule has 0 aliphatic carbocycles. The maximum Gasteiger partial charge on any atom is 0.106 e. The summed E-state index contributed by atoms with van der Waals surface area (Å²) in [6.07, 6.45) is 1.79. The molecule has 1 aromatic heterocycles. The standard InChI is InChI=1S/C12H12N2O/c1-9(14-15-2)10-5-6-12-11(8-10)4-3-7-13-12/h3-8H,1-2H3. The average molecular weight is 200 g/mol. The van der Waals surface area contributed by atoms with Crippen molar-refractivity contribution in [2.24, 2.45) is 5.16 Å². The van der Waals surface area contributed by atoms with Crippen molar-refractivity contribution in [3.63, 3.8) is 0 Å². The van der Waals surface area contributed by atoms with Gasteiger partial charge in [0.15, 0.2) is 0 Å². The van der Waals surface area contributed by atoms with Gasteiger partial charge < -0.3 is 4.84 Å². The van der Waals surface area contributed by atoms with Crippen LogP contribution in [0.1, 0.15) is 12.5 Å². The third-order valence-corrected chi connectivity index (χ3v) is 2.25. The Balaban J connectivity index is 2.51. The van der Waals surface area contributed by atoms with Gasteiger partial charge in [0.2, 0.25) is 0 Å². The predicted molar refractivity (Wildman–Crippen MR) is 61.0 cm³/mol. The largest absolute Gasteiger partial charge is 0.399 e. The lowest BCUT2D eigenvalue weighted by molar-refractivity contribution is 0.213. The van der Waals surface area contributed by atoms with E-state index in [9.17, 15) is 0 Å². The first-order chi connectivity index (χ1) is 7.31. The van der Waals surface area contributed by atoms with E-state index >= 15 is 0 Å². The van der Waals surface area contributed by atoms with E-state index in [1.54, 1.807) is 13.3 Å². The average Bonchev–Trinajstić information content (AvgIpc) is 2.29. The molecule has 0 aliphatic rings. The normalized spacial score (nSPS) is 11.7. The Hall–Kier alpha value is -1.90. The van der Waals surface area contributed by atoms with E-state index < -0.39 is 0 Å². The van der Waals surface area contributed by atoms with E-state index in [4.69, 9.17) is 4.84 Å². The highest BCUT2D eigenvalue weighted by Crippen LogP contribution is 2.13. The Bertz CT molecular complexity index is 506. The fraction of sp³-hybridized carbons (Fsp3) is 0.167. The van der Waals surface area contributed by atoms with Crippen LogP contribution in [0.2, 0.25) is 0 Å². The number of rotatable bonds is 2. The molecule has 2 aromatic rings. The van der Waals surface area contributed by atoms with E-state index in [0.29, 0.717) is 0 Å². The van der Waals surface area contributed by atoms with Gasteiger partial charge in [0, 0.05) is 11.6 Å². The van der Waals surface area contributed by atoms with Crippen molar-refractivity contribution >= 4 is 16.6 Å². The van der Waals surface area contributed by atoms with Gasteiger partial charge in [-0.15, -0.1) is 0 Å². The predicted octanol–water partition coefficient (Wildman–Crippen LogP) is 2.61. The quantitative estimate of drug-likeness (QED) is 0.551. The molecule has 0 aliphatic heterocycles. The first-order valence-corrected chi connectivity index (χ1v) is 4.74. The molecule has 3 heteroatoms. The van der Waals surface area contributed by atoms with Crippen molar-refractivity contribution in [1.82, 2.24) is 4.98 Å². The minimum atomic E-state index is 0.864. The van der Waals surface area contributed by atoms with Gasteiger partial charge in [0.05, 0.1) is 11.2 Å². The summed E-state index contributed by atoms with van der Waals surface area (Å²) in [6, 6.07) is 9.99. The Morgan fingerprint density at radius 1 is 1.33 bits per heavy atom. The molecule has 0 N–H and O–H groups in total. The molecule has 0 radical (unpaired) electrons. The van der Waals surface area contributed by atoms with Gasteiger partial charge in [-0.25, -0.2) is 0 Å².